The van der Waals surface area contributed by atoms with Gasteiger partial charge in [-0.25, -0.2) is 9.78 Å². The number of pyridine rings is 1. The van der Waals surface area contributed by atoms with E-state index in [0.717, 1.165) is 53.8 Å². The number of fused-ring (bicyclic) bond motifs is 5. The molecule has 3 aromatic heterocycles. The molecular formula is C29H31N7O2. The van der Waals surface area contributed by atoms with Crippen molar-refractivity contribution in [2.75, 3.05) is 19.3 Å². The number of Topliss-reactive ketones (excluding diaryl/α,β-unsaturated/α-hetero) is 1. The number of benzene rings is 1. The topological polar surface area (TPSA) is 119 Å². The summed E-state index contributed by atoms with van der Waals surface area (Å²) in [5.74, 6) is 0.426. The molecule has 2 bridgehead atoms. The van der Waals surface area contributed by atoms with Crippen LogP contribution in [0.3, 0.4) is 0 Å². The van der Waals surface area contributed by atoms with Crippen LogP contribution >= 0.6 is 0 Å². The SMILES string of the molecule is CNC(=O)N1CC2CCCC1CC2c1nc2c(-c3ccc(-c4ccccc4)nc3)cnn2c(N)c1C(C)=O. The van der Waals surface area contributed by atoms with Crippen LogP contribution in [0.25, 0.3) is 28.0 Å². The molecule has 9 nitrogen and oxygen atoms in total. The molecule has 3 aliphatic rings. The summed E-state index contributed by atoms with van der Waals surface area (Å²) in [5.41, 5.74) is 12.0. The van der Waals surface area contributed by atoms with Gasteiger partial charge in [0, 0.05) is 48.4 Å². The first-order valence-electron chi connectivity index (χ1n) is 13.1. The average Bonchev–Trinajstić information content (AvgIpc) is 3.12. The molecule has 1 saturated carbocycles. The Morgan fingerprint density at radius 3 is 2.58 bits per heavy atom. The van der Waals surface area contributed by atoms with Crippen LogP contribution in [-0.2, 0) is 0 Å². The molecule has 194 valence electrons. The maximum atomic E-state index is 12.9. The number of nitrogens with two attached hydrogens (primary N) is 1. The van der Waals surface area contributed by atoms with E-state index in [4.69, 9.17) is 10.7 Å². The van der Waals surface area contributed by atoms with Gasteiger partial charge in [-0.2, -0.15) is 9.61 Å². The summed E-state index contributed by atoms with van der Waals surface area (Å²) in [7, 11) is 1.67. The lowest BCUT2D eigenvalue weighted by Gasteiger charge is -2.41. The second-order valence-corrected chi connectivity index (χ2v) is 10.3. The van der Waals surface area contributed by atoms with Crippen molar-refractivity contribution in [1.82, 2.24) is 29.8 Å². The predicted molar refractivity (Wildman–Crippen MR) is 146 cm³/mol. The highest BCUT2D eigenvalue weighted by Gasteiger charge is 2.42. The number of ketones is 1. The van der Waals surface area contributed by atoms with Gasteiger partial charge in [0.05, 0.1) is 23.1 Å². The minimum absolute atomic E-state index is 0.0379. The van der Waals surface area contributed by atoms with E-state index in [9.17, 15) is 9.59 Å². The second kappa shape index (κ2) is 9.55. The van der Waals surface area contributed by atoms with E-state index in [0.29, 0.717) is 23.6 Å². The van der Waals surface area contributed by atoms with Crippen molar-refractivity contribution in [3.63, 3.8) is 0 Å². The summed E-state index contributed by atoms with van der Waals surface area (Å²) in [4.78, 5) is 37.2. The summed E-state index contributed by atoms with van der Waals surface area (Å²) in [6, 6.07) is 14.1. The fraction of sp³-hybridized carbons (Fsp3) is 0.345. The van der Waals surface area contributed by atoms with Gasteiger partial charge in [-0.1, -0.05) is 42.8 Å². The number of piperidine rings is 1. The minimum Gasteiger partial charge on any atom is -0.383 e. The zero-order valence-electron chi connectivity index (χ0n) is 21.6. The van der Waals surface area contributed by atoms with E-state index < -0.39 is 0 Å². The molecule has 2 amide bonds. The van der Waals surface area contributed by atoms with Crippen LogP contribution in [0.15, 0.2) is 54.9 Å². The van der Waals surface area contributed by atoms with Gasteiger partial charge in [0.15, 0.2) is 11.4 Å². The number of rotatable bonds is 4. The van der Waals surface area contributed by atoms with Gasteiger partial charge in [0.25, 0.3) is 0 Å². The van der Waals surface area contributed by atoms with E-state index in [1.807, 2.05) is 53.6 Å². The number of urea groups is 1. The third-order valence-corrected chi connectivity index (χ3v) is 8.11. The Bertz CT molecular complexity index is 1510. The molecule has 7 rings (SSSR count). The van der Waals surface area contributed by atoms with E-state index in [-0.39, 0.29) is 29.7 Å². The van der Waals surface area contributed by atoms with Crippen molar-refractivity contribution in [1.29, 1.82) is 0 Å². The molecule has 2 saturated heterocycles. The Hall–Kier alpha value is -4.27. The van der Waals surface area contributed by atoms with Gasteiger partial charge in [0.2, 0.25) is 0 Å². The molecule has 1 aromatic carbocycles. The fourth-order valence-corrected chi connectivity index (χ4v) is 6.25. The first-order chi connectivity index (χ1) is 18.5. The van der Waals surface area contributed by atoms with E-state index >= 15 is 0 Å². The summed E-state index contributed by atoms with van der Waals surface area (Å²) >= 11 is 0. The number of carbonyl (C=O) groups is 2. The van der Waals surface area contributed by atoms with Crippen molar-refractivity contribution in [2.24, 2.45) is 5.92 Å². The number of hydrogen-bond acceptors (Lipinski definition) is 6. The monoisotopic (exact) mass is 509 g/mol. The molecule has 5 heterocycles. The third kappa shape index (κ3) is 3.98. The van der Waals surface area contributed by atoms with E-state index in [1.54, 1.807) is 17.8 Å². The van der Waals surface area contributed by atoms with Gasteiger partial charge >= 0.3 is 6.03 Å². The lowest BCUT2D eigenvalue weighted by molar-refractivity contribution is 0.100. The summed E-state index contributed by atoms with van der Waals surface area (Å²) in [6.07, 6.45) is 7.30. The average molecular weight is 510 g/mol. The zero-order valence-corrected chi connectivity index (χ0v) is 21.6. The largest absolute Gasteiger partial charge is 0.383 e. The van der Waals surface area contributed by atoms with Crippen LogP contribution in [0.5, 0.6) is 0 Å². The normalized spacial score (nSPS) is 20.9. The number of carbonyl (C=O) groups excluding carboxylic acids is 2. The Labute approximate surface area is 221 Å². The smallest absolute Gasteiger partial charge is 0.317 e. The van der Waals surface area contributed by atoms with Crippen LogP contribution < -0.4 is 11.1 Å². The molecule has 3 unspecified atom stereocenters. The molecule has 3 atom stereocenters. The number of nitrogen functional groups attached to an aromatic ring is 1. The summed E-state index contributed by atoms with van der Waals surface area (Å²) in [5, 5.41) is 7.29. The Morgan fingerprint density at radius 1 is 1.05 bits per heavy atom. The second-order valence-electron chi connectivity index (χ2n) is 10.3. The van der Waals surface area contributed by atoms with E-state index in [2.05, 4.69) is 15.4 Å². The van der Waals surface area contributed by atoms with Crippen molar-refractivity contribution in [2.45, 2.75) is 44.6 Å². The number of nitrogens with zero attached hydrogens (tertiary/aromatic N) is 5. The lowest BCUT2D eigenvalue weighted by atomic mass is 9.79. The van der Waals surface area contributed by atoms with Crippen LogP contribution in [0, 0.1) is 5.92 Å². The number of amides is 2. The fourth-order valence-electron chi connectivity index (χ4n) is 6.25. The predicted octanol–water partition coefficient (Wildman–Crippen LogP) is 4.54. The van der Waals surface area contributed by atoms with Crippen molar-refractivity contribution >= 4 is 23.3 Å². The highest BCUT2D eigenvalue weighted by atomic mass is 16.2. The maximum absolute atomic E-state index is 12.9. The van der Waals surface area contributed by atoms with Crippen LogP contribution in [0.1, 0.15) is 54.6 Å². The Morgan fingerprint density at radius 2 is 1.87 bits per heavy atom. The molecule has 4 aromatic rings. The number of anilines is 1. The first-order valence-corrected chi connectivity index (χ1v) is 13.1. The number of aromatic nitrogens is 4. The summed E-state index contributed by atoms with van der Waals surface area (Å²) in [6.45, 7) is 2.18. The van der Waals surface area contributed by atoms with Crippen LogP contribution in [0.4, 0.5) is 10.6 Å². The quantitative estimate of drug-likeness (QED) is 0.390. The first kappa shape index (κ1) is 24.1. The molecule has 0 spiro atoms. The van der Waals surface area contributed by atoms with Crippen LogP contribution in [0.2, 0.25) is 0 Å². The molecule has 2 aliphatic heterocycles. The molecule has 3 N–H and O–H groups in total. The zero-order chi connectivity index (χ0) is 26.4. The molecule has 1 aliphatic carbocycles. The van der Waals surface area contributed by atoms with Gasteiger partial charge < -0.3 is 16.0 Å². The number of nitrogens with one attached hydrogen (secondary N) is 1. The standard InChI is InChI=1S/C29H31N7O2/c1-17(37)25-26(22-13-21-10-6-9-20(22)16-35(21)29(38)31-2)34-28-23(15-33-36(28)27(25)30)19-11-12-24(32-14-19)18-7-4-3-5-8-18/h3-5,7-8,11-12,14-15,20-22H,6,9-10,13,16,30H2,1-2H3,(H,31,38). The maximum Gasteiger partial charge on any atom is 0.317 e. The highest BCUT2D eigenvalue weighted by molar-refractivity contribution is 6.00. The Balaban J connectivity index is 1.43. The highest BCUT2D eigenvalue weighted by Crippen LogP contribution is 2.45. The molecule has 38 heavy (non-hydrogen) atoms. The van der Waals surface area contributed by atoms with Crippen molar-refractivity contribution in [3.8, 4) is 22.4 Å². The molecule has 0 radical (unpaired) electrons. The van der Waals surface area contributed by atoms with Crippen molar-refractivity contribution in [3.05, 3.63) is 66.1 Å². The van der Waals surface area contributed by atoms with Gasteiger partial charge in [-0.15, -0.1) is 0 Å². The van der Waals surface area contributed by atoms with E-state index in [1.165, 1.54) is 6.92 Å². The molecular weight excluding hydrogens is 478 g/mol. The third-order valence-electron chi connectivity index (χ3n) is 8.11. The van der Waals surface area contributed by atoms with Gasteiger partial charge in [-0.05, 0) is 38.2 Å². The summed E-state index contributed by atoms with van der Waals surface area (Å²) < 4.78 is 1.56. The molecule has 3 fully saturated rings. The van der Waals surface area contributed by atoms with Crippen molar-refractivity contribution < 1.29 is 9.59 Å². The van der Waals surface area contributed by atoms with Gasteiger partial charge in [-0.3, -0.25) is 9.78 Å². The van der Waals surface area contributed by atoms with Crippen LogP contribution in [-0.4, -0.2) is 55.9 Å². The minimum atomic E-state index is -0.124. The molecule has 9 heteroatoms. The number of hydrogen-bond donors (Lipinski definition) is 2. The lowest BCUT2D eigenvalue weighted by Crippen LogP contribution is -2.51. The Kier molecular flexibility index (Phi) is 6.06. The van der Waals surface area contributed by atoms with Gasteiger partial charge in [0.1, 0.15) is 5.82 Å².